The van der Waals surface area contributed by atoms with Gasteiger partial charge >= 0.3 is 0 Å². The van der Waals surface area contributed by atoms with Gasteiger partial charge in [-0.05, 0) is 56.0 Å². The summed E-state index contributed by atoms with van der Waals surface area (Å²) in [6, 6.07) is 4.88. The van der Waals surface area contributed by atoms with Crippen molar-refractivity contribution in [1.29, 1.82) is 0 Å². The zero-order valence-corrected chi connectivity index (χ0v) is 12.5. The molecular formula is C16H27NO. The first-order valence-corrected chi connectivity index (χ1v) is 6.99. The molecule has 1 rings (SSSR count). The molecule has 0 heterocycles. The van der Waals surface area contributed by atoms with E-state index in [0.717, 1.165) is 26.2 Å². The largest absolute Gasteiger partial charge is 0.379 e. The Labute approximate surface area is 112 Å². The van der Waals surface area contributed by atoms with Gasteiger partial charge in [-0.3, -0.25) is 0 Å². The fourth-order valence-corrected chi connectivity index (χ4v) is 2.21. The lowest BCUT2D eigenvalue weighted by Gasteiger charge is -2.21. The number of likely N-dealkylation sites (N-methyl/N-ethyl adjacent to an activating group) is 1. The third kappa shape index (κ3) is 4.11. The molecule has 1 unspecified atom stereocenters. The average molecular weight is 249 g/mol. The van der Waals surface area contributed by atoms with Crippen LogP contribution in [0, 0.1) is 20.8 Å². The predicted octanol–water partition coefficient (Wildman–Crippen LogP) is 3.69. The maximum absolute atomic E-state index is 5.71. The topological polar surface area (TPSA) is 21.3 Å². The molecule has 1 aromatic rings. The van der Waals surface area contributed by atoms with Crippen LogP contribution in [0.1, 0.15) is 48.6 Å². The lowest BCUT2D eigenvalue weighted by Crippen LogP contribution is -2.26. The Balaban J connectivity index is 2.87. The monoisotopic (exact) mass is 249 g/mol. The molecule has 2 nitrogen and oxygen atoms in total. The number of nitrogens with one attached hydrogen (secondary N) is 1. The molecule has 0 bridgehead atoms. The molecule has 2 heteroatoms. The number of benzene rings is 1. The normalized spacial score (nSPS) is 12.7. The van der Waals surface area contributed by atoms with Crippen molar-refractivity contribution in [3.63, 3.8) is 0 Å². The number of rotatable bonds is 7. The van der Waals surface area contributed by atoms with Gasteiger partial charge in [-0.15, -0.1) is 0 Å². The predicted molar refractivity (Wildman–Crippen MR) is 78.2 cm³/mol. The van der Waals surface area contributed by atoms with Crippen LogP contribution < -0.4 is 5.32 Å². The highest BCUT2D eigenvalue weighted by atomic mass is 16.5. The van der Waals surface area contributed by atoms with Gasteiger partial charge in [-0.2, -0.15) is 0 Å². The van der Waals surface area contributed by atoms with Gasteiger partial charge in [0.2, 0.25) is 0 Å². The third-order valence-electron chi connectivity index (χ3n) is 3.34. The summed E-state index contributed by atoms with van der Waals surface area (Å²) in [5, 5.41) is 3.52. The molecule has 18 heavy (non-hydrogen) atoms. The molecule has 1 N–H and O–H groups in total. The summed E-state index contributed by atoms with van der Waals surface area (Å²) in [5.74, 6) is 0. The van der Waals surface area contributed by atoms with Crippen LogP contribution in [0.3, 0.4) is 0 Å². The zero-order chi connectivity index (χ0) is 13.5. The molecule has 0 saturated heterocycles. The molecule has 0 aliphatic heterocycles. The number of hydrogen-bond donors (Lipinski definition) is 1. The maximum atomic E-state index is 5.71. The molecule has 0 aliphatic rings. The van der Waals surface area contributed by atoms with E-state index in [2.05, 4.69) is 52.1 Å². The van der Waals surface area contributed by atoms with Gasteiger partial charge in [0, 0.05) is 6.61 Å². The van der Waals surface area contributed by atoms with Crippen LogP contribution in [0.5, 0.6) is 0 Å². The Morgan fingerprint density at radius 1 is 1.06 bits per heavy atom. The maximum Gasteiger partial charge on any atom is 0.0661 e. The standard InChI is InChI=1S/C16H27NO/c1-6-8-18-11-16(17-7-2)15-10-13(4)12(3)9-14(15)5/h9-10,16-17H,6-8,11H2,1-5H3. The minimum absolute atomic E-state index is 0.306. The van der Waals surface area contributed by atoms with Crippen molar-refractivity contribution in [3.05, 3.63) is 34.4 Å². The van der Waals surface area contributed by atoms with E-state index in [1.54, 1.807) is 0 Å². The molecule has 1 aromatic carbocycles. The van der Waals surface area contributed by atoms with E-state index < -0.39 is 0 Å². The minimum atomic E-state index is 0.306. The third-order valence-corrected chi connectivity index (χ3v) is 3.34. The number of aryl methyl sites for hydroxylation is 3. The van der Waals surface area contributed by atoms with Crippen molar-refractivity contribution >= 4 is 0 Å². The summed E-state index contributed by atoms with van der Waals surface area (Å²) in [6.45, 7) is 13.4. The highest BCUT2D eigenvalue weighted by Crippen LogP contribution is 2.22. The van der Waals surface area contributed by atoms with E-state index in [-0.39, 0.29) is 0 Å². The summed E-state index contributed by atoms with van der Waals surface area (Å²) < 4.78 is 5.71. The zero-order valence-electron chi connectivity index (χ0n) is 12.5. The van der Waals surface area contributed by atoms with E-state index in [0.29, 0.717) is 6.04 Å². The van der Waals surface area contributed by atoms with E-state index in [1.165, 1.54) is 22.3 Å². The van der Waals surface area contributed by atoms with Crippen molar-refractivity contribution < 1.29 is 4.74 Å². The van der Waals surface area contributed by atoms with Crippen LogP contribution in [-0.4, -0.2) is 19.8 Å². The Hall–Kier alpha value is -0.860. The lowest BCUT2D eigenvalue weighted by atomic mass is 9.96. The van der Waals surface area contributed by atoms with Crippen LogP contribution in [0.2, 0.25) is 0 Å². The van der Waals surface area contributed by atoms with Crippen molar-refractivity contribution in [3.8, 4) is 0 Å². The Bertz CT molecular complexity index is 374. The Morgan fingerprint density at radius 3 is 2.33 bits per heavy atom. The fraction of sp³-hybridized carbons (Fsp3) is 0.625. The van der Waals surface area contributed by atoms with E-state index in [4.69, 9.17) is 4.74 Å². The second kappa shape index (κ2) is 7.55. The first kappa shape index (κ1) is 15.2. The fourth-order valence-electron chi connectivity index (χ4n) is 2.21. The van der Waals surface area contributed by atoms with Crippen molar-refractivity contribution in [2.45, 2.75) is 47.1 Å². The summed E-state index contributed by atoms with van der Waals surface area (Å²) in [6.07, 6.45) is 1.07. The van der Waals surface area contributed by atoms with Crippen LogP contribution in [0.15, 0.2) is 12.1 Å². The van der Waals surface area contributed by atoms with Crippen LogP contribution in [-0.2, 0) is 4.74 Å². The molecule has 1 atom stereocenters. The van der Waals surface area contributed by atoms with E-state index in [1.807, 2.05) is 0 Å². The molecule has 0 amide bonds. The smallest absolute Gasteiger partial charge is 0.0661 e. The van der Waals surface area contributed by atoms with Crippen LogP contribution in [0.4, 0.5) is 0 Å². The van der Waals surface area contributed by atoms with Gasteiger partial charge in [0.05, 0.1) is 12.6 Å². The summed E-state index contributed by atoms with van der Waals surface area (Å²) in [5.41, 5.74) is 5.44. The van der Waals surface area contributed by atoms with Gasteiger partial charge < -0.3 is 10.1 Å². The van der Waals surface area contributed by atoms with Gasteiger partial charge in [0.15, 0.2) is 0 Å². The summed E-state index contributed by atoms with van der Waals surface area (Å²) >= 11 is 0. The molecule has 0 aliphatic carbocycles. The molecule has 0 aromatic heterocycles. The second-order valence-electron chi connectivity index (χ2n) is 4.98. The molecule has 0 fully saturated rings. The highest BCUT2D eigenvalue weighted by molar-refractivity contribution is 5.38. The molecule has 0 spiro atoms. The van der Waals surface area contributed by atoms with E-state index in [9.17, 15) is 0 Å². The molecule has 0 saturated carbocycles. The second-order valence-corrected chi connectivity index (χ2v) is 4.98. The summed E-state index contributed by atoms with van der Waals surface area (Å²) in [7, 11) is 0. The lowest BCUT2D eigenvalue weighted by molar-refractivity contribution is 0.112. The Kier molecular flexibility index (Phi) is 6.37. The SMILES string of the molecule is CCCOCC(NCC)c1cc(C)c(C)cc1C. The first-order chi connectivity index (χ1) is 8.60. The number of hydrogen-bond acceptors (Lipinski definition) is 2. The van der Waals surface area contributed by atoms with Gasteiger partial charge in [0.1, 0.15) is 0 Å². The number of ether oxygens (including phenoxy) is 1. The van der Waals surface area contributed by atoms with E-state index >= 15 is 0 Å². The van der Waals surface area contributed by atoms with Crippen LogP contribution >= 0.6 is 0 Å². The molecular weight excluding hydrogens is 222 g/mol. The van der Waals surface area contributed by atoms with Gasteiger partial charge in [-0.1, -0.05) is 26.0 Å². The summed E-state index contributed by atoms with van der Waals surface area (Å²) in [4.78, 5) is 0. The first-order valence-electron chi connectivity index (χ1n) is 6.99. The molecule has 0 radical (unpaired) electrons. The quantitative estimate of drug-likeness (QED) is 0.744. The average Bonchev–Trinajstić information content (AvgIpc) is 2.33. The van der Waals surface area contributed by atoms with Crippen molar-refractivity contribution in [1.82, 2.24) is 5.32 Å². The van der Waals surface area contributed by atoms with Crippen molar-refractivity contribution in [2.75, 3.05) is 19.8 Å². The molecule has 102 valence electrons. The van der Waals surface area contributed by atoms with Gasteiger partial charge in [0.25, 0.3) is 0 Å². The van der Waals surface area contributed by atoms with Gasteiger partial charge in [-0.25, -0.2) is 0 Å². The van der Waals surface area contributed by atoms with Crippen molar-refractivity contribution in [2.24, 2.45) is 0 Å². The highest BCUT2D eigenvalue weighted by Gasteiger charge is 2.14. The van der Waals surface area contributed by atoms with Crippen LogP contribution in [0.25, 0.3) is 0 Å². The minimum Gasteiger partial charge on any atom is -0.379 e. The Morgan fingerprint density at radius 2 is 1.72 bits per heavy atom.